The molecule has 0 spiro atoms. The number of fused-ring (bicyclic) bond motifs is 1. The third-order valence-corrected chi connectivity index (χ3v) is 2.87. The maximum atomic E-state index is 12.8. The fraction of sp³-hybridized carbons (Fsp3) is 0.250. The Bertz CT molecular complexity index is 501. The lowest BCUT2D eigenvalue weighted by Gasteiger charge is -2.17. The van der Waals surface area contributed by atoms with Crippen LogP contribution in [0.5, 0.6) is 0 Å². The smallest absolute Gasteiger partial charge is 0.123 e. The van der Waals surface area contributed by atoms with Gasteiger partial charge in [0.2, 0.25) is 0 Å². The van der Waals surface area contributed by atoms with Gasteiger partial charge in [0.15, 0.2) is 0 Å². The van der Waals surface area contributed by atoms with Crippen LogP contribution >= 0.6 is 0 Å². The molecule has 1 aromatic heterocycles. The molecule has 0 saturated heterocycles. The summed E-state index contributed by atoms with van der Waals surface area (Å²) in [6.07, 6.45) is 1.86. The minimum atomic E-state index is -0.205. The van der Waals surface area contributed by atoms with Crippen LogP contribution in [0.3, 0.4) is 0 Å². The van der Waals surface area contributed by atoms with Gasteiger partial charge in [-0.05, 0) is 29.8 Å². The molecule has 1 N–H and O–H groups in total. The van der Waals surface area contributed by atoms with Crippen LogP contribution in [0.25, 0.3) is 11.3 Å². The van der Waals surface area contributed by atoms with E-state index in [1.54, 1.807) is 12.1 Å². The molecule has 0 amide bonds. The maximum Gasteiger partial charge on any atom is 0.123 e. The van der Waals surface area contributed by atoms with Crippen molar-refractivity contribution in [3.8, 4) is 11.3 Å². The molecule has 0 bridgehead atoms. The SMILES string of the molecule is Fc1ccc(-c2cnc3n2CCNC3)cc1. The second-order valence-corrected chi connectivity index (χ2v) is 3.89. The minimum Gasteiger partial charge on any atom is -0.326 e. The zero-order valence-electron chi connectivity index (χ0n) is 8.78. The summed E-state index contributed by atoms with van der Waals surface area (Å²) in [6, 6.07) is 6.55. The second kappa shape index (κ2) is 3.72. The van der Waals surface area contributed by atoms with E-state index in [1.807, 2.05) is 6.20 Å². The van der Waals surface area contributed by atoms with Crippen molar-refractivity contribution in [2.24, 2.45) is 0 Å². The lowest BCUT2D eigenvalue weighted by Crippen LogP contribution is -2.28. The maximum absolute atomic E-state index is 12.8. The molecule has 16 heavy (non-hydrogen) atoms. The van der Waals surface area contributed by atoms with Crippen LogP contribution in [0.15, 0.2) is 30.5 Å². The molecule has 4 heteroatoms. The van der Waals surface area contributed by atoms with Crippen molar-refractivity contribution in [3.63, 3.8) is 0 Å². The average Bonchev–Trinajstić information content (AvgIpc) is 2.74. The predicted molar refractivity (Wildman–Crippen MR) is 59.3 cm³/mol. The third kappa shape index (κ3) is 1.51. The summed E-state index contributed by atoms with van der Waals surface area (Å²) in [5.41, 5.74) is 2.08. The Morgan fingerprint density at radius 3 is 2.88 bits per heavy atom. The molecule has 3 rings (SSSR count). The summed E-state index contributed by atoms with van der Waals surface area (Å²) < 4.78 is 15.0. The molecule has 0 atom stereocenters. The highest BCUT2D eigenvalue weighted by Crippen LogP contribution is 2.22. The summed E-state index contributed by atoms with van der Waals surface area (Å²) in [4.78, 5) is 4.36. The molecule has 0 fully saturated rings. The number of aromatic nitrogens is 2. The molecule has 0 unspecified atom stereocenters. The van der Waals surface area contributed by atoms with Gasteiger partial charge in [-0.25, -0.2) is 9.37 Å². The number of nitrogens with zero attached hydrogens (tertiary/aromatic N) is 2. The summed E-state index contributed by atoms with van der Waals surface area (Å²) in [5, 5.41) is 3.27. The van der Waals surface area contributed by atoms with Gasteiger partial charge in [0.1, 0.15) is 11.6 Å². The molecule has 0 aliphatic carbocycles. The Morgan fingerprint density at radius 1 is 1.25 bits per heavy atom. The summed E-state index contributed by atoms with van der Waals surface area (Å²) >= 11 is 0. The van der Waals surface area contributed by atoms with Crippen molar-refractivity contribution in [2.45, 2.75) is 13.1 Å². The fourth-order valence-corrected chi connectivity index (χ4v) is 2.05. The number of hydrogen-bond donors (Lipinski definition) is 1. The van der Waals surface area contributed by atoms with E-state index in [4.69, 9.17) is 0 Å². The van der Waals surface area contributed by atoms with E-state index in [1.165, 1.54) is 12.1 Å². The van der Waals surface area contributed by atoms with Gasteiger partial charge < -0.3 is 9.88 Å². The van der Waals surface area contributed by atoms with Gasteiger partial charge >= 0.3 is 0 Å². The number of benzene rings is 1. The van der Waals surface area contributed by atoms with Gasteiger partial charge in [-0.1, -0.05) is 0 Å². The first-order chi connectivity index (χ1) is 7.84. The Kier molecular flexibility index (Phi) is 2.22. The third-order valence-electron chi connectivity index (χ3n) is 2.87. The van der Waals surface area contributed by atoms with E-state index in [9.17, 15) is 4.39 Å². The topological polar surface area (TPSA) is 29.9 Å². The van der Waals surface area contributed by atoms with Crippen molar-refractivity contribution in [1.82, 2.24) is 14.9 Å². The zero-order valence-corrected chi connectivity index (χ0v) is 8.78. The lowest BCUT2D eigenvalue weighted by molar-refractivity contribution is 0.508. The van der Waals surface area contributed by atoms with Gasteiger partial charge in [-0.3, -0.25) is 0 Å². The molecule has 2 aromatic rings. The molecule has 82 valence electrons. The summed E-state index contributed by atoms with van der Waals surface area (Å²) in [6.45, 7) is 2.68. The van der Waals surface area contributed by atoms with Crippen LogP contribution in [-0.2, 0) is 13.1 Å². The summed E-state index contributed by atoms with van der Waals surface area (Å²) in [7, 11) is 0. The van der Waals surface area contributed by atoms with Crippen LogP contribution in [0.4, 0.5) is 4.39 Å². The van der Waals surface area contributed by atoms with Gasteiger partial charge in [-0.2, -0.15) is 0 Å². The molecule has 0 radical (unpaired) electrons. The second-order valence-electron chi connectivity index (χ2n) is 3.89. The number of imidazole rings is 1. The van der Waals surface area contributed by atoms with Gasteiger partial charge in [0.05, 0.1) is 18.4 Å². The van der Waals surface area contributed by atoms with Crippen molar-refractivity contribution in [1.29, 1.82) is 0 Å². The molecule has 3 nitrogen and oxygen atoms in total. The monoisotopic (exact) mass is 217 g/mol. The van der Waals surface area contributed by atoms with E-state index >= 15 is 0 Å². The van der Waals surface area contributed by atoms with Gasteiger partial charge in [-0.15, -0.1) is 0 Å². The first-order valence-electron chi connectivity index (χ1n) is 5.35. The molecular formula is C12H12FN3. The Morgan fingerprint density at radius 2 is 2.06 bits per heavy atom. The van der Waals surface area contributed by atoms with E-state index < -0.39 is 0 Å². The van der Waals surface area contributed by atoms with Crippen LogP contribution in [0.1, 0.15) is 5.82 Å². The predicted octanol–water partition coefficient (Wildman–Crippen LogP) is 1.79. The Labute approximate surface area is 92.9 Å². The van der Waals surface area contributed by atoms with E-state index in [2.05, 4.69) is 14.9 Å². The van der Waals surface area contributed by atoms with E-state index in [0.29, 0.717) is 0 Å². The molecule has 2 heterocycles. The molecule has 1 aliphatic rings. The number of halogens is 1. The number of nitrogens with one attached hydrogen (secondary N) is 1. The van der Waals surface area contributed by atoms with Gasteiger partial charge in [0, 0.05) is 13.1 Å². The quantitative estimate of drug-likeness (QED) is 0.789. The molecule has 1 aliphatic heterocycles. The molecule has 0 saturated carbocycles. The highest BCUT2D eigenvalue weighted by molar-refractivity contribution is 5.59. The standard InChI is InChI=1S/C12H12FN3/c13-10-3-1-9(2-4-10)11-7-15-12-8-14-5-6-16(11)12/h1-4,7,14H,5-6,8H2. The van der Waals surface area contributed by atoms with E-state index in [-0.39, 0.29) is 5.82 Å². The molecular weight excluding hydrogens is 205 g/mol. The fourth-order valence-electron chi connectivity index (χ4n) is 2.05. The number of rotatable bonds is 1. The largest absolute Gasteiger partial charge is 0.326 e. The lowest BCUT2D eigenvalue weighted by atomic mass is 10.1. The molecule has 1 aromatic carbocycles. The number of hydrogen-bond acceptors (Lipinski definition) is 2. The van der Waals surface area contributed by atoms with Crippen LogP contribution < -0.4 is 5.32 Å². The van der Waals surface area contributed by atoms with Crippen LogP contribution in [0, 0.1) is 5.82 Å². The Balaban J connectivity index is 2.06. The van der Waals surface area contributed by atoms with E-state index in [0.717, 1.165) is 36.7 Å². The van der Waals surface area contributed by atoms with Crippen molar-refractivity contribution >= 4 is 0 Å². The van der Waals surface area contributed by atoms with Gasteiger partial charge in [0.25, 0.3) is 0 Å². The van der Waals surface area contributed by atoms with Crippen LogP contribution in [0.2, 0.25) is 0 Å². The van der Waals surface area contributed by atoms with Crippen molar-refractivity contribution < 1.29 is 4.39 Å². The van der Waals surface area contributed by atoms with Crippen molar-refractivity contribution in [2.75, 3.05) is 6.54 Å². The zero-order chi connectivity index (χ0) is 11.0. The first kappa shape index (κ1) is 9.54. The highest BCUT2D eigenvalue weighted by Gasteiger charge is 2.14. The Hall–Kier alpha value is -1.68. The first-order valence-corrected chi connectivity index (χ1v) is 5.35. The highest BCUT2D eigenvalue weighted by atomic mass is 19.1. The minimum absolute atomic E-state index is 0.205. The normalized spacial score (nSPS) is 14.8. The van der Waals surface area contributed by atoms with Crippen molar-refractivity contribution in [3.05, 3.63) is 42.1 Å². The van der Waals surface area contributed by atoms with Crippen LogP contribution in [-0.4, -0.2) is 16.1 Å². The summed E-state index contributed by atoms with van der Waals surface area (Å²) in [5.74, 6) is 0.842. The average molecular weight is 217 g/mol.